The van der Waals surface area contributed by atoms with E-state index in [0.29, 0.717) is 17.7 Å². The summed E-state index contributed by atoms with van der Waals surface area (Å²) >= 11 is 0. The fraction of sp³-hybridized carbons (Fsp3) is 0.406. The van der Waals surface area contributed by atoms with Gasteiger partial charge < -0.3 is 25.4 Å². The predicted molar refractivity (Wildman–Crippen MR) is 158 cm³/mol. The van der Waals surface area contributed by atoms with Crippen molar-refractivity contribution in [2.45, 2.75) is 71.6 Å². The summed E-state index contributed by atoms with van der Waals surface area (Å²) in [6.07, 6.45) is 1.60. The molecule has 0 aliphatic rings. The molecule has 0 bridgehead atoms. The molecule has 0 heterocycles. The Morgan fingerprint density at radius 2 is 1.62 bits per heavy atom. The molecule has 3 aromatic carbocycles. The minimum atomic E-state index is -1.28. The van der Waals surface area contributed by atoms with E-state index in [9.17, 15) is 19.5 Å². The van der Waals surface area contributed by atoms with Gasteiger partial charge >= 0.3 is 6.09 Å². The number of nitrogens with one attached hydrogen (secondary N) is 2. The molecular weight excluding hydrogens is 506 g/mol. The molecule has 0 saturated heterocycles. The quantitative estimate of drug-likeness (QED) is 0.266. The Morgan fingerprint density at radius 1 is 0.950 bits per heavy atom. The number of nitrogens with zero attached hydrogens (tertiary/aromatic N) is 1. The number of carbonyl (C=O) groups excluding carboxylic acids is 3. The molecule has 0 aliphatic heterocycles. The molecule has 2 unspecified atom stereocenters. The molecule has 0 spiro atoms. The summed E-state index contributed by atoms with van der Waals surface area (Å²) in [5.74, 6) is -0.957. The van der Waals surface area contributed by atoms with Crippen molar-refractivity contribution in [3.63, 3.8) is 0 Å². The van der Waals surface area contributed by atoms with Crippen molar-refractivity contribution >= 4 is 34.4 Å². The van der Waals surface area contributed by atoms with Crippen LogP contribution in [-0.4, -0.2) is 52.7 Å². The van der Waals surface area contributed by atoms with Crippen molar-refractivity contribution in [3.05, 3.63) is 77.9 Å². The third-order valence-electron chi connectivity index (χ3n) is 6.43. The molecular formula is C32H41N3O5. The third kappa shape index (κ3) is 8.55. The van der Waals surface area contributed by atoms with Gasteiger partial charge in [0.1, 0.15) is 17.7 Å². The standard InChI is InChI=1S/C32H41N3O5/c1-6-7-10-19-35(30(38)27(21-36)34-31(39)40-32(3,4)5)28(24-15-13-22(2)14-16-24)29(37)33-26-18-17-23-11-8-9-12-25(23)20-26/h8-9,11-18,20,27-28,36H,6-7,10,19,21H2,1-5H3,(H,33,37)(H,34,39). The molecule has 3 amide bonds. The first kappa shape index (κ1) is 30.6. The van der Waals surface area contributed by atoms with Crippen molar-refractivity contribution in [2.24, 2.45) is 0 Å². The molecule has 8 nitrogen and oxygen atoms in total. The summed E-state index contributed by atoms with van der Waals surface area (Å²) in [4.78, 5) is 41.8. The molecule has 3 N–H and O–H groups in total. The number of anilines is 1. The maximum absolute atomic E-state index is 14.0. The van der Waals surface area contributed by atoms with Crippen LogP contribution in [0.15, 0.2) is 66.7 Å². The minimum absolute atomic E-state index is 0.267. The van der Waals surface area contributed by atoms with E-state index in [1.54, 1.807) is 20.8 Å². The Labute approximate surface area is 236 Å². The van der Waals surface area contributed by atoms with E-state index in [4.69, 9.17) is 4.74 Å². The molecule has 8 heteroatoms. The molecule has 3 aromatic rings. The first-order chi connectivity index (χ1) is 19.0. The van der Waals surface area contributed by atoms with E-state index in [1.807, 2.05) is 73.7 Å². The Bertz CT molecular complexity index is 1300. The van der Waals surface area contributed by atoms with Crippen LogP contribution in [0.3, 0.4) is 0 Å². The fourth-order valence-corrected chi connectivity index (χ4v) is 4.43. The summed E-state index contributed by atoms with van der Waals surface area (Å²) in [5, 5.41) is 17.6. The molecule has 0 aromatic heterocycles. The lowest BCUT2D eigenvalue weighted by molar-refractivity contribution is -0.141. The highest BCUT2D eigenvalue weighted by molar-refractivity contribution is 6.00. The molecule has 0 saturated carbocycles. The maximum Gasteiger partial charge on any atom is 0.408 e. The average molecular weight is 548 g/mol. The second-order valence-electron chi connectivity index (χ2n) is 11.0. The van der Waals surface area contributed by atoms with E-state index in [0.717, 1.165) is 29.2 Å². The molecule has 40 heavy (non-hydrogen) atoms. The fourth-order valence-electron chi connectivity index (χ4n) is 4.43. The first-order valence-corrected chi connectivity index (χ1v) is 13.8. The van der Waals surface area contributed by atoms with Gasteiger partial charge in [-0.2, -0.15) is 0 Å². The summed E-state index contributed by atoms with van der Waals surface area (Å²) in [5.41, 5.74) is 1.47. The number of fused-ring (bicyclic) bond motifs is 1. The van der Waals surface area contributed by atoms with Gasteiger partial charge in [-0.1, -0.05) is 79.9 Å². The van der Waals surface area contributed by atoms with Gasteiger partial charge in [0.05, 0.1) is 6.61 Å². The summed E-state index contributed by atoms with van der Waals surface area (Å²) in [7, 11) is 0. The number of amides is 3. The monoisotopic (exact) mass is 547 g/mol. The summed E-state index contributed by atoms with van der Waals surface area (Å²) in [6.45, 7) is 8.76. The number of aliphatic hydroxyl groups excluding tert-OH is 1. The zero-order valence-electron chi connectivity index (χ0n) is 24.1. The Kier molecular flexibility index (Phi) is 10.7. The highest BCUT2D eigenvalue weighted by atomic mass is 16.6. The van der Waals surface area contributed by atoms with Gasteiger partial charge in [-0.15, -0.1) is 0 Å². The summed E-state index contributed by atoms with van der Waals surface area (Å²) in [6, 6.07) is 18.7. The Balaban J connectivity index is 1.98. The van der Waals surface area contributed by atoms with Crippen LogP contribution in [0.1, 0.15) is 64.1 Å². The molecule has 0 aliphatic carbocycles. The zero-order valence-corrected chi connectivity index (χ0v) is 24.1. The second-order valence-corrected chi connectivity index (χ2v) is 11.0. The number of carbonyl (C=O) groups is 3. The molecule has 0 fully saturated rings. The maximum atomic E-state index is 14.0. The number of hydrogen-bond acceptors (Lipinski definition) is 5. The van der Waals surface area contributed by atoms with Gasteiger partial charge in [-0.05, 0) is 62.6 Å². The molecule has 2 atom stereocenters. The van der Waals surface area contributed by atoms with Crippen LogP contribution in [0, 0.1) is 6.92 Å². The Hall–Kier alpha value is -3.91. The second kappa shape index (κ2) is 13.9. The lowest BCUT2D eigenvalue weighted by Crippen LogP contribution is -2.54. The largest absolute Gasteiger partial charge is 0.444 e. The van der Waals surface area contributed by atoms with Gasteiger partial charge in [0.2, 0.25) is 5.91 Å². The predicted octanol–water partition coefficient (Wildman–Crippen LogP) is 5.73. The van der Waals surface area contributed by atoms with Crippen LogP contribution in [-0.2, 0) is 14.3 Å². The number of benzene rings is 3. The number of unbranched alkanes of at least 4 members (excludes halogenated alkanes) is 2. The van der Waals surface area contributed by atoms with Gasteiger partial charge in [0.15, 0.2) is 0 Å². The zero-order chi connectivity index (χ0) is 29.3. The van der Waals surface area contributed by atoms with Crippen LogP contribution in [0.4, 0.5) is 10.5 Å². The highest BCUT2D eigenvalue weighted by Crippen LogP contribution is 2.27. The van der Waals surface area contributed by atoms with Gasteiger partial charge in [-0.3, -0.25) is 9.59 Å². The van der Waals surface area contributed by atoms with E-state index in [2.05, 4.69) is 17.6 Å². The van der Waals surface area contributed by atoms with Crippen LogP contribution in [0.25, 0.3) is 10.8 Å². The van der Waals surface area contributed by atoms with E-state index in [1.165, 1.54) is 4.90 Å². The van der Waals surface area contributed by atoms with Crippen molar-refractivity contribution in [1.29, 1.82) is 0 Å². The smallest absolute Gasteiger partial charge is 0.408 e. The number of ether oxygens (including phenoxy) is 1. The molecule has 0 radical (unpaired) electrons. The number of rotatable bonds is 11. The van der Waals surface area contributed by atoms with Crippen molar-refractivity contribution in [3.8, 4) is 0 Å². The lowest BCUT2D eigenvalue weighted by Gasteiger charge is -2.34. The Morgan fingerprint density at radius 3 is 2.25 bits per heavy atom. The number of hydrogen-bond donors (Lipinski definition) is 3. The lowest BCUT2D eigenvalue weighted by atomic mass is 10.0. The number of alkyl carbamates (subject to hydrolysis) is 1. The summed E-state index contributed by atoms with van der Waals surface area (Å²) < 4.78 is 5.31. The van der Waals surface area contributed by atoms with Crippen LogP contribution in [0.5, 0.6) is 0 Å². The average Bonchev–Trinajstić information content (AvgIpc) is 2.90. The van der Waals surface area contributed by atoms with Crippen LogP contribution < -0.4 is 10.6 Å². The topological polar surface area (TPSA) is 108 Å². The highest BCUT2D eigenvalue weighted by Gasteiger charge is 2.36. The van der Waals surface area contributed by atoms with Crippen LogP contribution in [0.2, 0.25) is 0 Å². The van der Waals surface area contributed by atoms with Crippen LogP contribution >= 0.6 is 0 Å². The van der Waals surface area contributed by atoms with Gasteiger partial charge in [0.25, 0.3) is 5.91 Å². The number of aryl methyl sites for hydroxylation is 1. The first-order valence-electron chi connectivity index (χ1n) is 13.8. The van der Waals surface area contributed by atoms with E-state index < -0.39 is 42.2 Å². The van der Waals surface area contributed by atoms with E-state index >= 15 is 0 Å². The number of aliphatic hydroxyl groups is 1. The molecule has 214 valence electrons. The third-order valence-corrected chi connectivity index (χ3v) is 6.43. The SMILES string of the molecule is CCCCCN(C(=O)C(CO)NC(=O)OC(C)(C)C)C(C(=O)Nc1ccc2ccccc2c1)c1ccc(C)cc1. The van der Waals surface area contributed by atoms with Gasteiger partial charge in [-0.25, -0.2) is 4.79 Å². The van der Waals surface area contributed by atoms with Crippen molar-refractivity contribution in [2.75, 3.05) is 18.5 Å². The van der Waals surface area contributed by atoms with Crippen molar-refractivity contribution < 1.29 is 24.2 Å². The van der Waals surface area contributed by atoms with Crippen molar-refractivity contribution in [1.82, 2.24) is 10.2 Å². The van der Waals surface area contributed by atoms with Gasteiger partial charge in [0, 0.05) is 12.2 Å². The minimum Gasteiger partial charge on any atom is -0.444 e. The van der Waals surface area contributed by atoms with E-state index in [-0.39, 0.29) is 6.54 Å². The molecule has 3 rings (SSSR count). The normalized spacial score (nSPS) is 12.8.